The molecule has 36 heavy (non-hydrogen) atoms. The van der Waals surface area contributed by atoms with Gasteiger partial charge in [-0.05, 0) is 43.3 Å². The molecule has 2 aromatic carbocycles. The van der Waals surface area contributed by atoms with E-state index >= 15 is 0 Å². The van der Waals surface area contributed by atoms with Gasteiger partial charge in [-0.2, -0.15) is 23.5 Å². The Bertz CT molecular complexity index is 1670. The first-order valence-corrected chi connectivity index (χ1v) is 10.3. The molecule has 5 rings (SSSR count). The lowest BCUT2D eigenvalue weighted by Gasteiger charge is -2.11. The highest BCUT2D eigenvalue weighted by Gasteiger charge is 2.36. The maximum Gasteiger partial charge on any atom is 0.435 e. The number of alkyl halides is 3. The predicted octanol–water partition coefficient (Wildman–Crippen LogP) is 4.23. The van der Waals surface area contributed by atoms with Gasteiger partial charge in [0.1, 0.15) is 17.6 Å². The Kier molecular flexibility index (Phi) is 5.21. The van der Waals surface area contributed by atoms with Crippen molar-refractivity contribution < 1.29 is 22.5 Å². The van der Waals surface area contributed by atoms with E-state index in [4.69, 9.17) is 10.3 Å². The summed E-state index contributed by atoms with van der Waals surface area (Å²) in [6, 6.07) is 11.6. The fourth-order valence-corrected chi connectivity index (χ4v) is 3.68. The average molecular weight is 492 g/mol. The number of nitriles is 1. The second kappa shape index (κ2) is 8.27. The van der Waals surface area contributed by atoms with Gasteiger partial charge < -0.3 is 20.1 Å². The molecule has 1 amide bonds. The van der Waals surface area contributed by atoms with Crippen molar-refractivity contribution in [3.05, 3.63) is 77.6 Å². The number of nitrogen functional groups attached to an aromatic ring is 1. The number of nitrogens with one attached hydrogen (secondary N) is 1. The fraction of sp³-hybridized carbons (Fsp3) is 0.0870. The monoisotopic (exact) mass is 492 g/mol. The van der Waals surface area contributed by atoms with Crippen LogP contribution in [0.1, 0.15) is 27.6 Å². The number of carbonyl (C=O) groups is 1. The van der Waals surface area contributed by atoms with Crippen LogP contribution in [-0.2, 0) is 6.18 Å². The molecule has 0 bridgehead atoms. The summed E-state index contributed by atoms with van der Waals surface area (Å²) in [5.74, 6) is -0.183. The Labute approximate surface area is 200 Å². The minimum atomic E-state index is -4.80. The zero-order chi connectivity index (χ0) is 25.6. The highest BCUT2D eigenvalue weighted by molar-refractivity contribution is 6.04. The molecular formula is C23H15F3N8O2. The first-order chi connectivity index (χ1) is 17.2. The molecule has 0 unspecified atom stereocenters. The van der Waals surface area contributed by atoms with E-state index in [1.54, 1.807) is 30.0 Å². The van der Waals surface area contributed by atoms with Crippen LogP contribution in [0, 0.1) is 18.3 Å². The third-order valence-electron chi connectivity index (χ3n) is 5.43. The van der Waals surface area contributed by atoms with E-state index in [2.05, 4.69) is 20.6 Å². The topological polar surface area (TPSA) is 141 Å². The van der Waals surface area contributed by atoms with Gasteiger partial charge in [0.15, 0.2) is 17.1 Å². The van der Waals surface area contributed by atoms with Gasteiger partial charge in [0.25, 0.3) is 5.91 Å². The molecule has 0 aliphatic heterocycles. The van der Waals surface area contributed by atoms with Crippen molar-refractivity contribution in [3.8, 4) is 17.4 Å². The normalized spacial score (nSPS) is 11.5. The number of hydrogen-bond donors (Lipinski definition) is 2. The van der Waals surface area contributed by atoms with Crippen LogP contribution in [-0.4, -0.2) is 30.4 Å². The van der Waals surface area contributed by atoms with E-state index in [9.17, 15) is 23.2 Å². The van der Waals surface area contributed by atoms with Gasteiger partial charge >= 0.3 is 6.18 Å². The fourth-order valence-electron chi connectivity index (χ4n) is 3.68. The molecule has 0 saturated heterocycles. The summed E-state index contributed by atoms with van der Waals surface area (Å²) >= 11 is 0. The molecule has 0 saturated carbocycles. The minimum absolute atomic E-state index is 0.0351. The molecular weight excluding hydrogens is 477 g/mol. The zero-order valence-corrected chi connectivity index (χ0v) is 18.4. The first kappa shape index (κ1) is 22.7. The number of carbonyl (C=O) groups excluding carboxylic acids is 1. The van der Waals surface area contributed by atoms with Crippen LogP contribution >= 0.6 is 0 Å². The van der Waals surface area contributed by atoms with Crippen molar-refractivity contribution in [1.82, 2.24) is 24.5 Å². The number of anilines is 2. The highest BCUT2D eigenvalue weighted by Crippen LogP contribution is 2.31. The summed E-state index contributed by atoms with van der Waals surface area (Å²) < 4.78 is 48.1. The van der Waals surface area contributed by atoms with Crippen LogP contribution in [0.25, 0.3) is 22.3 Å². The Morgan fingerprint density at radius 1 is 1.17 bits per heavy atom. The maximum absolute atomic E-state index is 13.5. The Morgan fingerprint density at radius 3 is 2.64 bits per heavy atom. The number of nitrogens with two attached hydrogens (primary N) is 1. The summed E-state index contributed by atoms with van der Waals surface area (Å²) in [7, 11) is 0. The van der Waals surface area contributed by atoms with Crippen LogP contribution in [0.15, 0.2) is 59.4 Å². The first-order valence-electron chi connectivity index (χ1n) is 10.3. The van der Waals surface area contributed by atoms with E-state index in [1.165, 1.54) is 30.3 Å². The summed E-state index contributed by atoms with van der Waals surface area (Å²) in [4.78, 5) is 17.3. The van der Waals surface area contributed by atoms with Crippen molar-refractivity contribution in [1.29, 1.82) is 5.26 Å². The van der Waals surface area contributed by atoms with Gasteiger partial charge in [-0.3, -0.25) is 4.79 Å². The quantitative estimate of drug-likeness (QED) is 0.382. The lowest BCUT2D eigenvalue weighted by molar-refractivity contribution is -0.141. The number of amides is 1. The van der Waals surface area contributed by atoms with E-state index in [1.807, 2.05) is 6.07 Å². The van der Waals surface area contributed by atoms with Crippen molar-refractivity contribution in [2.75, 3.05) is 11.1 Å². The number of nitrogens with zero attached hydrogens (tertiary/aromatic N) is 6. The Hall–Kier alpha value is -5.12. The summed E-state index contributed by atoms with van der Waals surface area (Å²) in [5.41, 5.74) is 5.38. The molecule has 5 aromatic rings. The van der Waals surface area contributed by atoms with Crippen LogP contribution in [0.5, 0.6) is 0 Å². The molecule has 0 radical (unpaired) electrons. The minimum Gasteiger partial charge on any atom is -0.380 e. The summed E-state index contributed by atoms with van der Waals surface area (Å²) in [6.07, 6.45) is -1.50. The number of rotatable bonds is 4. The smallest absolute Gasteiger partial charge is 0.380 e. The van der Waals surface area contributed by atoms with Gasteiger partial charge in [0.05, 0.1) is 22.3 Å². The molecule has 0 spiro atoms. The van der Waals surface area contributed by atoms with E-state index in [0.717, 1.165) is 4.68 Å². The highest BCUT2D eigenvalue weighted by atomic mass is 19.4. The van der Waals surface area contributed by atoms with Gasteiger partial charge in [-0.25, -0.2) is 9.67 Å². The van der Waals surface area contributed by atoms with Crippen LogP contribution in [0.4, 0.5) is 24.7 Å². The number of hydrogen-bond acceptors (Lipinski definition) is 7. The van der Waals surface area contributed by atoms with E-state index < -0.39 is 23.5 Å². The summed E-state index contributed by atoms with van der Waals surface area (Å²) in [5, 5.41) is 19.7. The second-order valence-electron chi connectivity index (χ2n) is 7.71. The lowest BCUT2D eigenvalue weighted by Crippen LogP contribution is -2.17. The molecule has 0 aliphatic carbocycles. The van der Waals surface area contributed by atoms with Crippen molar-refractivity contribution in [2.45, 2.75) is 13.1 Å². The number of fused-ring (bicyclic) bond motifs is 1. The molecule has 0 aliphatic rings. The molecule has 3 aromatic heterocycles. The number of aromatic nitrogens is 5. The molecule has 10 nitrogen and oxygen atoms in total. The zero-order valence-electron chi connectivity index (χ0n) is 18.4. The number of aryl methyl sites for hydroxylation is 1. The number of imidazole rings is 1. The molecule has 180 valence electrons. The van der Waals surface area contributed by atoms with Gasteiger partial charge in [0, 0.05) is 24.1 Å². The van der Waals surface area contributed by atoms with Crippen molar-refractivity contribution in [2.24, 2.45) is 0 Å². The van der Waals surface area contributed by atoms with Crippen LogP contribution < -0.4 is 11.1 Å². The third kappa shape index (κ3) is 3.90. The van der Waals surface area contributed by atoms with Crippen LogP contribution in [0.3, 0.4) is 0 Å². The number of benzene rings is 2. The van der Waals surface area contributed by atoms with Gasteiger partial charge in [-0.1, -0.05) is 5.16 Å². The second-order valence-corrected chi connectivity index (χ2v) is 7.71. The maximum atomic E-state index is 13.5. The standard InChI is InChI=1S/C23H15F3N8O2/c1-12-29-6-7-33(12)14-2-4-17(13(8-14)11-27)30-22(35)18-10-20(23(24,25)26)31-34(18)15-3-5-19-16(9-15)21(28)32-36-19/h2-10H,1H3,(H2,28,32)(H,30,35). The third-order valence-corrected chi connectivity index (χ3v) is 5.43. The Morgan fingerprint density at radius 2 is 1.94 bits per heavy atom. The van der Waals surface area contributed by atoms with Gasteiger partial charge in [-0.15, -0.1) is 0 Å². The van der Waals surface area contributed by atoms with Crippen molar-refractivity contribution in [3.63, 3.8) is 0 Å². The van der Waals surface area contributed by atoms with E-state index in [0.29, 0.717) is 28.5 Å². The predicted molar refractivity (Wildman–Crippen MR) is 122 cm³/mol. The molecule has 0 fully saturated rings. The summed E-state index contributed by atoms with van der Waals surface area (Å²) in [6.45, 7) is 1.78. The largest absolute Gasteiger partial charge is 0.435 e. The molecule has 13 heteroatoms. The van der Waals surface area contributed by atoms with E-state index in [-0.39, 0.29) is 22.8 Å². The van der Waals surface area contributed by atoms with Gasteiger partial charge in [0.2, 0.25) is 0 Å². The van der Waals surface area contributed by atoms with Crippen LogP contribution in [0.2, 0.25) is 0 Å². The average Bonchev–Trinajstić information content (AvgIpc) is 3.57. The lowest BCUT2D eigenvalue weighted by atomic mass is 10.1. The molecule has 3 N–H and O–H groups in total. The van der Waals surface area contributed by atoms with Crippen molar-refractivity contribution >= 4 is 28.4 Å². The molecule has 3 heterocycles. The number of halogens is 3. The molecule has 0 atom stereocenters. The SMILES string of the molecule is Cc1nccn1-c1ccc(NC(=O)c2cc(C(F)(F)F)nn2-c2ccc3onc(N)c3c2)c(C#N)c1. The Balaban J connectivity index is 1.55.